The Hall–Kier alpha value is -1.10. The molecule has 0 radical (unpaired) electrons. The Bertz CT molecular complexity index is 397. The summed E-state index contributed by atoms with van der Waals surface area (Å²) in [5, 5.41) is 8.14. The number of aromatic nitrogens is 2. The van der Waals surface area contributed by atoms with E-state index in [1.807, 2.05) is 6.92 Å². The van der Waals surface area contributed by atoms with Crippen LogP contribution in [0.15, 0.2) is 4.42 Å². The van der Waals surface area contributed by atoms with E-state index in [2.05, 4.69) is 27.0 Å². The summed E-state index contributed by atoms with van der Waals surface area (Å²) in [6.45, 7) is 5.37. The largest absolute Gasteiger partial charge is 0.408 e. The number of piperidine rings is 1. The highest BCUT2D eigenvalue weighted by Crippen LogP contribution is 2.33. The fourth-order valence-electron chi connectivity index (χ4n) is 3.34. The van der Waals surface area contributed by atoms with Crippen LogP contribution in [0.3, 0.4) is 0 Å². The van der Waals surface area contributed by atoms with Crippen LogP contribution in [0.5, 0.6) is 0 Å². The van der Waals surface area contributed by atoms with E-state index in [0.29, 0.717) is 11.9 Å². The van der Waals surface area contributed by atoms with Gasteiger partial charge in [0, 0.05) is 19.5 Å². The zero-order valence-corrected chi connectivity index (χ0v) is 11.3. The number of likely N-dealkylation sites (tertiary alicyclic amines) is 1. The van der Waals surface area contributed by atoms with Crippen molar-refractivity contribution in [3.05, 3.63) is 5.89 Å². The van der Waals surface area contributed by atoms with Crippen LogP contribution >= 0.6 is 0 Å². The molecule has 0 amide bonds. The van der Waals surface area contributed by atoms with Crippen LogP contribution < -0.4 is 4.90 Å². The Morgan fingerprint density at radius 3 is 2.56 bits per heavy atom. The molecule has 3 rings (SSSR count). The maximum atomic E-state index is 5.60. The minimum atomic E-state index is 0.610. The fourth-order valence-corrected chi connectivity index (χ4v) is 3.34. The maximum absolute atomic E-state index is 5.60. The first-order chi connectivity index (χ1) is 8.74. The molecule has 0 aromatic carbocycles. The highest BCUT2D eigenvalue weighted by molar-refractivity contribution is 5.29. The molecule has 5 nitrogen and oxygen atoms in total. The molecule has 2 aliphatic rings. The lowest BCUT2D eigenvalue weighted by atomic mass is 9.88. The highest BCUT2D eigenvalue weighted by atomic mass is 16.4. The smallest absolute Gasteiger partial charge is 0.318 e. The van der Waals surface area contributed by atoms with E-state index in [4.69, 9.17) is 4.42 Å². The Morgan fingerprint density at radius 2 is 1.89 bits per heavy atom. The van der Waals surface area contributed by atoms with Gasteiger partial charge in [0.1, 0.15) is 0 Å². The van der Waals surface area contributed by atoms with Gasteiger partial charge in [0.2, 0.25) is 5.89 Å². The third kappa shape index (κ3) is 2.23. The van der Waals surface area contributed by atoms with E-state index >= 15 is 0 Å². The molecule has 2 aliphatic heterocycles. The third-order valence-corrected chi connectivity index (χ3v) is 4.37. The first-order valence-corrected chi connectivity index (χ1v) is 6.99. The molecular formula is C13H22N4O. The van der Waals surface area contributed by atoms with Crippen LogP contribution in [0.4, 0.5) is 6.01 Å². The van der Waals surface area contributed by atoms with Crippen molar-refractivity contribution in [2.24, 2.45) is 5.92 Å². The SMILES string of the molecule is Cc1nnc(N2CCCC2C2CCN(C)CC2)o1. The molecule has 3 heterocycles. The third-order valence-electron chi connectivity index (χ3n) is 4.37. The number of rotatable bonds is 2. The second-order valence-electron chi connectivity index (χ2n) is 5.65. The van der Waals surface area contributed by atoms with Gasteiger partial charge in [0.05, 0.1) is 0 Å². The van der Waals surface area contributed by atoms with Crippen molar-refractivity contribution in [2.45, 2.75) is 38.6 Å². The molecular weight excluding hydrogens is 228 g/mol. The normalized spacial score (nSPS) is 27.0. The molecule has 0 bridgehead atoms. The monoisotopic (exact) mass is 250 g/mol. The number of aryl methyl sites for hydroxylation is 1. The van der Waals surface area contributed by atoms with E-state index < -0.39 is 0 Å². The summed E-state index contributed by atoms with van der Waals surface area (Å²) >= 11 is 0. The molecule has 1 unspecified atom stereocenters. The van der Waals surface area contributed by atoms with Crippen LogP contribution in [0.2, 0.25) is 0 Å². The summed E-state index contributed by atoms with van der Waals surface area (Å²) in [5.41, 5.74) is 0. The van der Waals surface area contributed by atoms with Gasteiger partial charge in [-0.2, -0.15) is 0 Å². The van der Waals surface area contributed by atoms with Crippen molar-refractivity contribution in [1.82, 2.24) is 15.1 Å². The Labute approximate surface area is 108 Å². The second kappa shape index (κ2) is 4.88. The van der Waals surface area contributed by atoms with Gasteiger partial charge in [-0.15, -0.1) is 5.10 Å². The molecule has 1 aromatic heterocycles. The standard InChI is InChI=1S/C13H22N4O/c1-10-14-15-13(18-10)17-7-3-4-12(17)11-5-8-16(2)9-6-11/h11-12H,3-9H2,1-2H3. The Balaban J connectivity index is 1.71. The number of anilines is 1. The second-order valence-corrected chi connectivity index (χ2v) is 5.65. The molecule has 2 fully saturated rings. The summed E-state index contributed by atoms with van der Waals surface area (Å²) in [4.78, 5) is 4.77. The molecule has 5 heteroatoms. The van der Waals surface area contributed by atoms with Crippen LogP contribution in [0, 0.1) is 12.8 Å². The lowest BCUT2D eigenvalue weighted by Gasteiger charge is -2.36. The van der Waals surface area contributed by atoms with E-state index in [-0.39, 0.29) is 0 Å². The van der Waals surface area contributed by atoms with Gasteiger partial charge in [-0.3, -0.25) is 0 Å². The van der Waals surface area contributed by atoms with Gasteiger partial charge in [0.15, 0.2) is 0 Å². The van der Waals surface area contributed by atoms with Crippen molar-refractivity contribution in [3.63, 3.8) is 0 Å². The van der Waals surface area contributed by atoms with Crippen LogP contribution in [0.25, 0.3) is 0 Å². The number of nitrogens with zero attached hydrogens (tertiary/aromatic N) is 4. The highest BCUT2D eigenvalue weighted by Gasteiger charge is 2.35. The van der Waals surface area contributed by atoms with Gasteiger partial charge in [-0.25, -0.2) is 0 Å². The average molecular weight is 250 g/mol. The first kappa shape index (κ1) is 12.0. The summed E-state index contributed by atoms with van der Waals surface area (Å²) in [5.74, 6) is 1.45. The molecule has 0 aliphatic carbocycles. The summed E-state index contributed by atoms with van der Waals surface area (Å²) in [6.07, 6.45) is 5.11. The van der Waals surface area contributed by atoms with E-state index in [1.165, 1.54) is 38.8 Å². The molecule has 100 valence electrons. The van der Waals surface area contributed by atoms with Crippen molar-refractivity contribution in [2.75, 3.05) is 31.6 Å². The van der Waals surface area contributed by atoms with E-state index in [1.54, 1.807) is 0 Å². The molecule has 18 heavy (non-hydrogen) atoms. The lowest BCUT2D eigenvalue weighted by Crippen LogP contribution is -2.41. The molecule has 0 spiro atoms. The predicted octanol–water partition coefficient (Wildman–Crippen LogP) is 1.69. The first-order valence-electron chi connectivity index (χ1n) is 6.99. The number of hydrogen-bond donors (Lipinski definition) is 0. The van der Waals surface area contributed by atoms with Crippen molar-refractivity contribution in [3.8, 4) is 0 Å². The van der Waals surface area contributed by atoms with Crippen LogP contribution in [-0.2, 0) is 0 Å². The maximum Gasteiger partial charge on any atom is 0.318 e. The van der Waals surface area contributed by atoms with Gasteiger partial charge in [-0.05, 0) is 51.7 Å². The minimum Gasteiger partial charge on any atom is -0.408 e. The molecule has 0 N–H and O–H groups in total. The van der Waals surface area contributed by atoms with Gasteiger partial charge < -0.3 is 14.2 Å². The minimum absolute atomic E-state index is 0.610. The summed E-state index contributed by atoms with van der Waals surface area (Å²) in [6, 6.07) is 1.34. The summed E-state index contributed by atoms with van der Waals surface area (Å²) in [7, 11) is 2.21. The van der Waals surface area contributed by atoms with Crippen molar-refractivity contribution >= 4 is 6.01 Å². The van der Waals surface area contributed by atoms with Crippen molar-refractivity contribution < 1.29 is 4.42 Å². The number of hydrogen-bond acceptors (Lipinski definition) is 5. The quantitative estimate of drug-likeness (QED) is 0.799. The van der Waals surface area contributed by atoms with Crippen LogP contribution in [0.1, 0.15) is 31.6 Å². The van der Waals surface area contributed by atoms with Crippen LogP contribution in [-0.4, -0.2) is 47.8 Å². The topological polar surface area (TPSA) is 45.4 Å². The Kier molecular flexibility index (Phi) is 3.24. The summed E-state index contributed by atoms with van der Waals surface area (Å²) < 4.78 is 5.60. The van der Waals surface area contributed by atoms with Gasteiger partial charge in [-0.1, -0.05) is 5.10 Å². The van der Waals surface area contributed by atoms with Gasteiger partial charge in [0.25, 0.3) is 0 Å². The molecule has 1 aromatic rings. The molecule has 2 saturated heterocycles. The fraction of sp³-hybridized carbons (Fsp3) is 0.846. The van der Waals surface area contributed by atoms with Gasteiger partial charge >= 0.3 is 6.01 Å². The molecule has 0 saturated carbocycles. The van der Waals surface area contributed by atoms with E-state index in [9.17, 15) is 0 Å². The van der Waals surface area contributed by atoms with E-state index in [0.717, 1.165) is 18.5 Å². The lowest BCUT2D eigenvalue weighted by molar-refractivity contribution is 0.197. The molecule has 1 atom stereocenters. The zero-order chi connectivity index (χ0) is 12.5. The van der Waals surface area contributed by atoms with Crippen molar-refractivity contribution in [1.29, 1.82) is 0 Å². The average Bonchev–Trinajstić information content (AvgIpc) is 2.98. The zero-order valence-electron chi connectivity index (χ0n) is 11.3. The Morgan fingerprint density at radius 1 is 1.11 bits per heavy atom. The predicted molar refractivity (Wildman–Crippen MR) is 69.6 cm³/mol.